The maximum atomic E-state index is 13.9. The second-order valence-corrected chi connectivity index (χ2v) is 16.8. The van der Waals surface area contributed by atoms with Gasteiger partial charge >= 0.3 is 11.9 Å². The molecule has 3 aliphatic rings. The van der Waals surface area contributed by atoms with Crippen LogP contribution in [0.15, 0.2) is 42.5 Å². The molecule has 0 fully saturated rings. The number of hydrogen-bond acceptors (Lipinski definition) is 15. The van der Waals surface area contributed by atoms with E-state index in [0.29, 0.717) is 15.4 Å². The molecule has 11 amide bonds. The van der Waals surface area contributed by atoms with Crippen molar-refractivity contribution >= 4 is 82.6 Å². The SMILES string of the molecule is CC(C)[C@@H]1NC(=O)[C@H](C)NC(=O)CCCNC(=O)[C@H](NC(=O)CN2C(=O)C=CC2=O)[C@H](NC(=O)CN2C(=O)C=CC2=O)C(=O)NCCCC(=O)Oc2ccc(C[C@H](N)C[C@H](C)C(=O)O)cc2NC1=O. The number of hydrogen-bond donors (Lipinski definition) is 9. The third-order valence-corrected chi connectivity index (χ3v) is 10.8. The maximum absolute atomic E-state index is 13.9. The molecule has 1 aromatic carbocycles. The van der Waals surface area contributed by atoms with E-state index in [2.05, 4.69) is 37.2 Å². The van der Waals surface area contributed by atoms with Crippen LogP contribution in [-0.2, 0) is 68.7 Å². The quantitative estimate of drug-likeness (QED) is 0.0565. The number of esters is 1. The van der Waals surface area contributed by atoms with Crippen LogP contribution in [0.25, 0.3) is 0 Å². The van der Waals surface area contributed by atoms with Gasteiger partial charge in [-0.15, -0.1) is 0 Å². The Morgan fingerprint density at radius 3 is 1.74 bits per heavy atom. The van der Waals surface area contributed by atoms with E-state index in [-0.39, 0.29) is 63.1 Å². The predicted octanol–water partition coefficient (Wildman–Crippen LogP) is -3.22. The van der Waals surface area contributed by atoms with E-state index in [1.165, 1.54) is 26.0 Å². The fraction of sp³-hybridized carbons (Fsp3) is 0.477. The van der Waals surface area contributed by atoms with Crippen LogP contribution in [0.1, 0.15) is 65.4 Å². The molecule has 69 heavy (non-hydrogen) atoms. The van der Waals surface area contributed by atoms with Crippen LogP contribution in [0, 0.1) is 11.8 Å². The van der Waals surface area contributed by atoms with Crippen LogP contribution in [0.5, 0.6) is 5.75 Å². The molecule has 0 bridgehead atoms. The number of nitrogens with two attached hydrogens (primary N) is 1. The number of rotatable bonds is 12. The number of carbonyl (C=O) groups excluding carboxylic acids is 12. The molecule has 25 heteroatoms. The van der Waals surface area contributed by atoms with Gasteiger partial charge in [0.2, 0.25) is 41.4 Å². The zero-order valence-corrected chi connectivity index (χ0v) is 38.3. The molecule has 25 nitrogen and oxygen atoms in total. The summed E-state index contributed by atoms with van der Waals surface area (Å²) in [7, 11) is 0. The standard InChI is InChI=1S/C44H56N10O15/c1-22(2)37-43(66)49-27-19-25(18-26(45)17-23(3)44(67)68)9-10-28(27)69-36(62)8-6-16-47-42(65)39(51-31(57)21-54-34(60)13-14-35(54)61)38(50-30(56)20-53-32(58)11-12-33(53)59)41(64)46-15-5-7-29(55)48-24(4)40(63)52-37/h9-14,19,22-24,26,37-39H,5-8,15-18,20-21,45H2,1-4H3,(H,46,64)(H,47,65)(H,48,55)(H,49,66)(H,50,56)(H,51,57)(H,52,63)(H,67,68)/t23-,24-,26+,37-,38+,39-/m0/s1. The van der Waals surface area contributed by atoms with Crippen LogP contribution in [-0.4, -0.2) is 148 Å². The summed E-state index contributed by atoms with van der Waals surface area (Å²) in [5.74, 6) is -13.3. The number of fused-ring (bicyclic) bond motifs is 1. The molecule has 3 heterocycles. The zero-order valence-electron chi connectivity index (χ0n) is 38.3. The minimum atomic E-state index is -2.02. The Labute approximate surface area is 395 Å². The molecule has 3 aliphatic heterocycles. The van der Waals surface area contributed by atoms with Crippen molar-refractivity contribution in [2.75, 3.05) is 31.5 Å². The second kappa shape index (κ2) is 24.8. The van der Waals surface area contributed by atoms with Crippen molar-refractivity contribution < 1.29 is 72.2 Å². The Morgan fingerprint density at radius 2 is 1.25 bits per heavy atom. The average Bonchev–Trinajstić information content (AvgIpc) is 3.77. The molecule has 0 spiro atoms. The summed E-state index contributed by atoms with van der Waals surface area (Å²) in [6.07, 6.45) is 3.01. The Hall–Kier alpha value is -7.83. The van der Waals surface area contributed by atoms with E-state index in [1.54, 1.807) is 19.9 Å². The summed E-state index contributed by atoms with van der Waals surface area (Å²) in [6, 6.07) is -2.62. The number of anilines is 1. The number of imide groups is 2. The maximum Gasteiger partial charge on any atom is 0.311 e. The average molecular weight is 965 g/mol. The Balaban J connectivity index is 1.65. The Morgan fingerprint density at radius 1 is 0.739 bits per heavy atom. The Kier molecular flexibility index (Phi) is 19.3. The number of carbonyl (C=O) groups is 13. The molecule has 372 valence electrons. The van der Waals surface area contributed by atoms with Gasteiger partial charge in [-0.25, -0.2) is 0 Å². The summed E-state index contributed by atoms with van der Waals surface area (Å²) in [5, 5.41) is 26.6. The highest BCUT2D eigenvalue weighted by atomic mass is 16.5. The summed E-state index contributed by atoms with van der Waals surface area (Å²) >= 11 is 0. The van der Waals surface area contributed by atoms with Crippen molar-refractivity contribution in [3.63, 3.8) is 0 Å². The van der Waals surface area contributed by atoms with Crippen molar-refractivity contribution in [1.29, 1.82) is 0 Å². The molecule has 0 saturated carbocycles. The van der Waals surface area contributed by atoms with Gasteiger partial charge in [-0.1, -0.05) is 26.8 Å². The van der Waals surface area contributed by atoms with Crippen molar-refractivity contribution in [2.45, 2.75) is 96.4 Å². The van der Waals surface area contributed by atoms with Gasteiger partial charge in [0.1, 0.15) is 37.3 Å². The van der Waals surface area contributed by atoms with E-state index >= 15 is 0 Å². The van der Waals surface area contributed by atoms with Gasteiger partial charge in [-0.05, 0) is 56.2 Å². The Bertz CT molecular complexity index is 2280. The molecule has 10 N–H and O–H groups in total. The van der Waals surface area contributed by atoms with Gasteiger partial charge < -0.3 is 52.8 Å². The van der Waals surface area contributed by atoms with Crippen molar-refractivity contribution in [2.24, 2.45) is 17.6 Å². The van der Waals surface area contributed by atoms with Crippen molar-refractivity contribution in [3.05, 3.63) is 48.1 Å². The van der Waals surface area contributed by atoms with E-state index in [1.807, 2.05) is 0 Å². The minimum Gasteiger partial charge on any atom is -0.481 e. The number of benzene rings is 1. The van der Waals surface area contributed by atoms with E-state index < -0.39 is 132 Å². The van der Waals surface area contributed by atoms with Gasteiger partial charge in [-0.3, -0.25) is 72.1 Å². The van der Waals surface area contributed by atoms with Gasteiger partial charge in [0.05, 0.1) is 11.6 Å². The van der Waals surface area contributed by atoms with Crippen LogP contribution in [0.4, 0.5) is 5.69 Å². The minimum absolute atomic E-state index is 0.0128. The largest absolute Gasteiger partial charge is 0.481 e. The van der Waals surface area contributed by atoms with Crippen LogP contribution >= 0.6 is 0 Å². The molecule has 1 aromatic rings. The van der Waals surface area contributed by atoms with Gasteiger partial charge in [0, 0.05) is 56.3 Å². The number of carboxylic acid groups (broad SMARTS) is 1. The first-order chi connectivity index (χ1) is 32.5. The number of aliphatic carboxylic acids is 1. The topological polar surface area (TPSA) is 368 Å². The predicted molar refractivity (Wildman–Crippen MR) is 238 cm³/mol. The lowest BCUT2D eigenvalue weighted by Gasteiger charge is -2.28. The van der Waals surface area contributed by atoms with Gasteiger partial charge in [0.25, 0.3) is 23.6 Å². The summed E-state index contributed by atoms with van der Waals surface area (Å²) in [5.41, 5.74) is 6.77. The molecule has 0 radical (unpaired) electrons. The van der Waals surface area contributed by atoms with Gasteiger partial charge in [0.15, 0.2) is 5.75 Å². The molecule has 6 atom stereocenters. The van der Waals surface area contributed by atoms with Crippen LogP contribution in [0.2, 0.25) is 0 Å². The lowest BCUT2D eigenvalue weighted by molar-refractivity contribution is -0.143. The number of nitrogens with zero attached hydrogens (tertiary/aromatic N) is 2. The fourth-order valence-electron chi connectivity index (χ4n) is 7.03. The lowest BCUT2D eigenvalue weighted by Crippen LogP contribution is -2.65. The molecule has 0 saturated heterocycles. The first kappa shape index (κ1) is 53.8. The molecule has 0 unspecified atom stereocenters. The van der Waals surface area contributed by atoms with Crippen LogP contribution < -0.4 is 47.7 Å². The number of amides is 11. The fourth-order valence-corrected chi connectivity index (χ4v) is 7.03. The monoisotopic (exact) mass is 964 g/mol. The summed E-state index contributed by atoms with van der Waals surface area (Å²) < 4.78 is 5.62. The number of nitrogens with one attached hydrogen (secondary N) is 7. The number of carboxylic acids is 1. The van der Waals surface area contributed by atoms with Crippen LogP contribution in [0.3, 0.4) is 0 Å². The molecular formula is C44H56N10O15. The molecule has 0 aliphatic carbocycles. The first-order valence-electron chi connectivity index (χ1n) is 22.0. The first-order valence-corrected chi connectivity index (χ1v) is 22.0. The van der Waals surface area contributed by atoms with Crippen molar-refractivity contribution in [3.8, 4) is 5.75 Å². The smallest absolute Gasteiger partial charge is 0.311 e. The highest BCUT2D eigenvalue weighted by Gasteiger charge is 2.39. The summed E-state index contributed by atoms with van der Waals surface area (Å²) in [6.45, 7) is 3.74. The molecule has 0 aromatic heterocycles. The molecule has 4 rings (SSSR count). The second-order valence-electron chi connectivity index (χ2n) is 16.8. The van der Waals surface area contributed by atoms with E-state index in [4.69, 9.17) is 10.5 Å². The third-order valence-electron chi connectivity index (χ3n) is 10.8. The van der Waals surface area contributed by atoms with Crippen molar-refractivity contribution in [1.82, 2.24) is 41.7 Å². The highest BCUT2D eigenvalue weighted by Crippen LogP contribution is 2.28. The van der Waals surface area contributed by atoms with E-state index in [0.717, 1.165) is 24.3 Å². The number of ether oxygens (including phenoxy) is 1. The van der Waals surface area contributed by atoms with E-state index in [9.17, 15) is 67.4 Å². The highest BCUT2D eigenvalue weighted by molar-refractivity contribution is 6.15. The zero-order chi connectivity index (χ0) is 51.1. The van der Waals surface area contributed by atoms with Gasteiger partial charge in [-0.2, -0.15) is 0 Å². The molecular weight excluding hydrogens is 909 g/mol. The third kappa shape index (κ3) is 15.9. The normalized spacial score (nSPS) is 22.3. The summed E-state index contributed by atoms with van der Waals surface area (Å²) in [4.78, 5) is 169. The lowest BCUT2D eigenvalue weighted by atomic mass is 9.96.